The number of hydrogen-bond donors (Lipinski definition) is 0. The summed E-state index contributed by atoms with van der Waals surface area (Å²) in [7, 11) is 0. The first-order valence-electron chi connectivity index (χ1n) is 10.5. The number of ether oxygens (including phenoxy) is 1. The second kappa shape index (κ2) is 7.16. The van der Waals surface area contributed by atoms with Crippen molar-refractivity contribution in [3.8, 4) is 5.88 Å². The molecule has 0 bridgehead atoms. The van der Waals surface area contributed by atoms with Gasteiger partial charge in [0.1, 0.15) is 12.1 Å². The molecule has 3 heterocycles. The number of benzene rings is 2. The summed E-state index contributed by atoms with van der Waals surface area (Å²) >= 11 is 0. The molecule has 0 amide bonds. The maximum absolute atomic E-state index is 13.0. The van der Waals surface area contributed by atoms with Crippen molar-refractivity contribution >= 4 is 11.4 Å². The Balaban J connectivity index is 1.54. The Hall–Kier alpha value is -3.80. The zero-order valence-corrected chi connectivity index (χ0v) is 16.9. The van der Waals surface area contributed by atoms with Crippen LogP contribution in [0.25, 0.3) is 5.65 Å². The maximum Gasteiger partial charge on any atom is 0.228 e. The Morgan fingerprint density at radius 2 is 1.77 bits per heavy atom. The fourth-order valence-electron chi connectivity index (χ4n) is 4.59. The van der Waals surface area contributed by atoms with Gasteiger partial charge < -0.3 is 4.74 Å². The highest BCUT2D eigenvalue weighted by Gasteiger charge is 2.39. The third-order valence-corrected chi connectivity index (χ3v) is 5.97. The second-order valence-corrected chi connectivity index (χ2v) is 7.98. The van der Waals surface area contributed by atoms with Gasteiger partial charge in [-0.1, -0.05) is 60.7 Å². The first-order valence-corrected chi connectivity index (χ1v) is 10.5. The number of fused-ring (bicyclic) bond motifs is 3. The Kier molecular flexibility index (Phi) is 4.16. The molecule has 6 heteroatoms. The molecule has 2 aliphatic rings. The average Bonchev–Trinajstić information content (AvgIpc) is 3.22. The normalized spacial score (nSPS) is 17.9. The molecule has 2 aromatic heterocycles. The van der Waals surface area contributed by atoms with Gasteiger partial charge in [-0.05, 0) is 17.5 Å². The fraction of sp³-hybridized carbons (Fsp3) is 0.200. The van der Waals surface area contributed by atoms with Crippen molar-refractivity contribution in [1.29, 1.82) is 0 Å². The number of carbonyl (C=O) groups excluding carboxylic acids is 1. The van der Waals surface area contributed by atoms with Crippen molar-refractivity contribution < 1.29 is 9.53 Å². The van der Waals surface area contributed by atoms with Gasteiger partial charge >= 0.3 is 0 Å². The quantitative estimate of drug-likeness (QED) is 0.507. The zero-order chi connectivity index (χ0) is 20.8. The monoisotopic (exact) mass is 408 g/mol. The van der Waals surface area contributed by atoms with Gasteiger partial charge in [0.2, 0.25) is 5.88 Å². The highest BCUT2D eigenvalue weighted by Crippen LogP contribution is 2.46. The summed E-state index contributed by atoms with van der Waals surface area (Å²) in [6, 6.07) is 20.2. The van der Waals surface area contributed by atoms with E-state index in [0.29, 0.717) is 30.2 Å². The van der Waals surface area contributed by atoms with E-state index >= 15 is 0 Å². The fourth-order valence-corrected chi connectivity index (χ4v) is 4.59. The lowest BCUT2D eigenvalue weighted by molar-refractivity contribution is -0.116. The molecule has 4 aromatic rings. The van der Waals surface area contributed by atoms with Crippen LogP contribution in [-0.2, 0) is 11.2 Å². The van der Waals surface area contributed by atoms with E-state index in [1.54, 1.807) is 10.8 Å². The zero-order valence-electron chi connectivity index (χ0n) is 16.9. The van der Waals surface area contributed by atoms with Crippen LogP contribution in [0.3, 0.4) is 0 Å². The number of ketones is 1. The number of nitrogens with zero attached hydrogens (tertiary/aromatic N) is 4. The molecule has 0 N–H and O–H groups in total. The van der Waals surface area contributed by atoms with Crippen LogP contribution in [0.1, 0.15) is 47.7 Å². The molecule has 1 unspecified atom stereocenters. The summed E-state index contributed by atoms with van der Waals surface area (Å²) in [4.78, 5) is 22.4. The van der Waals surface area contributed by atoms with Crippen LogP contribution < -0.4 is 4.74 Å². The largest absolute Gasteiger partial charge is 0.442 e. The third-order valence-electron chi connectivity index (χ3n) is 5.97. The number of carbonyl (C=O) groups is 1. The van der Waals surface area contributed by atoms with Gasteiger partial charge in [-0.25, -0.2) is 14.5 Å². The van der Waals surface area contributed by atoms with Crippen LogP contribution in [0, 0.1) is 0 Å². The number of allylic oxidation sites excluding steroid dienone is 2. The number of hydrogen-bond acceptors (Lipinski definition) is 5. The molecule has 1 aliphatic carbocycles. The van der Waals surface area contributed by atoms with Crippen LogP contribution in [0.15, 0.2) is 78.3 Å². The molecule has 6 rings (SSSR count). The van der Waals surface area contributed by atoms with Crippen molar-refractivity contribution in [2.24, 2.45) is 0 Å². The van der Waals surface area contributed by atoms with Crippen LogP contribution >= 0.6 is 0 Å². The summed E-state index contributed by atoms with van der Waals surface area (Å²) in [6.07, 6.45) is 4.38. The van der Waals surface area contributed by atoms with Gasteiger partial charge in [0.15, 0.2) is 17.3 Å². The minimum Gasteiger partial charge on any atom is -0.442 e. The van der Waals surface area contributed by atoms with Crippen LogP contribution in [0.5, 0.6) is 5.88 Å². The van der Waals surface area contributed by atoms with Gasteiger partial charge in [-0.15, -0.1) is 5.10 Å². The molecule has 1 aliphatic heterocycles. The summed E-state index contributed by atoms with van der Waals surface area (Å²) in [5.74, 6) is 1.87. The van der Waals surface area contributed by atoms with Gasteiger partial charge in [0.05, 0.1) is 5.56 Å². The molecular formula is C25H20N4O2. The SMILES string of the molecule is O=C1CCCC2=C1C(c1ccccc1)c1c(ncn3nc(Cc4ccccc4)nc13)O2. The Morgan fingerprint density at radius 3 is 2.58 bits per heavy atom. The van der Waals surface area contributed by atoms with Crippen molar-refractivity contribution in [3.05, 3.63) is 101 Å². The van der Waals surface area contributed by atoms with E-state index in [-0.39, 0.29) is 11.7 Å². The van der Waals surface area contributed by atoms with Crippen molar-refractivity contribution in [1.82, 2.24) is 19.6 Å². The summed E-state index contributed by atoms with van der Waals surface area (Å²) < 4.78 is 7.86. The molecular weight excluding hydrogens is 388 g/mol. The smallest absolute Gasteiger partial charge is 0.228 e. The first kappa shape index (κ1) is 18.0. The lowest BCUT2D eigenvalue weighted by atomic mass is 9.78. The number of rotatable bonds is 3. The molecule has 2 aromatic carbocycles. The van der Waals surface area contributed by atoms with Gasteiger partial charge in [-0.3, -0.25) is 4.79 Å². The van der Waals surface area contributed by atoms with Crippen molar-refractivity contribution in [2.75, 3.05) is 0 Å². The van der Waals surface area contributed by atoms with Crippen molar-refractivity contribution in [2.45, 2.75) is 31.6 Å². The van der Waals surface area contributed by atoms with Crippen LogP contribution in [-0.4, -0.2) is 25.4 Å². The van der Waals surface area contributed by atoms with Crippen LogP contribution in [0.4, 0.5) is 0 Å². The minimum atomic E-state index is -0.252. The highest BCUT2D eigenvalue weighted by atomic mass is 16.5. The van der Waals surface area contributed by atoms with E-state index in [4.69, 9.17) is 9.72 Å². The molecule has 152 valence electrons. The molecule has 0 spiro atoms. The van der Waals surface area contributed by atoms with Crippen molar-refractivity contribution in [3.63, 3.8) is 0 Å². The Labute approximate surface area is 179 Å². The molecule has 31 heavy (non-hydrogen) atoms. The Morgan fingerprint density at radius 1 is 1.00 bits per heavy atom. The predicted octanol–water partition coefficient (Wildman–Crippen LogP) is 4.25. The van der Waals surface area contributed by atoms with E-state index in [1.807, 2.05) is 36.4 Å². The molecule has 0 radical (unpaired) electrons. The van der Waals surface area contributed by atoms with E-state index < -0.39 is 0 Å². The number of aromatic nitrogens is 4. The minimum absolute atomic E-state index is 0.145. The standard InChI is InChI=1S/C25H20N4O2/c30-18-12-7-13-19-22(18)21(17-10-5-2-6-11-17)23-24-27-20(14-16-8-3-1-4-9-16)28-29(24)15-26-25(23)31-19/h1-6,8-11,15,21H,7,12-14H2. The molecule has 0 fully saturated rings. The molecule has 0 saturated carbocycles. The maximum atomic E-state index is 13.0. The summed E-state index contributed by atoms with van der Waals surface area (Å²) in [6.45, 7) is 0. The van der Waals surface area contributed by atoms with Gasteiger partial charge in [-0.2, -0.15) is 0 Å². The summed E-state index contributed by atoms with van der Waals surface area (Å²) in [5, 5.41) is 4.65. The lowest BCUT2D eigenvalue weighted by Gasteiger charge is -2.31. The first-order chi connectivity index (χ1) is 15.3. The van der Waals surface area contributed by atoms with Crippen LogP contribution in [0.2, 0.25) is 0 Å². The second-order valence-electron chi connectivity index (χ2n) is 7.98. The number of Topliss-reactive ketones (excluding diaryl/α,β-unsaturated/α-hetero) is 1. The molecule has 1 atom stereocenters. The topological polar surface area (TPSA) is 69.4 Å². The summed E-state index contributed by atoms with van der Waals surface area (Å²) in [5.41, 5.74) is 4.43. The highest BCUT2D eigenvalue weighted by molar-refractivity contribution is 6.00. The molecule has 0 saturated heterocycles. The predicted molar refractivity (Wildman–Crippen MR) is 115 cm³/mol. The third kappa shape index (κ3) is 3.03. The molecule has 6 nitrogen and oxygen atoms in total. The van der Waals surface area contributed by atoms with E-state index in [1.165, 1.54) is 0 Å². The van der Waals surface area contributed by atoms with E-state index in [2.05, 4.69) is 34.3 Å². The lowest BCUT2D eigenvalue weighted by Crippen LogP contribution is -2.26. The Bertz CT molecular complexity index is 1330. The average molecular weight is 408 g/mol. The van der Waals surface area contributed by atoms with Gasteiger partial charge in [0.25, 0.3) is 0 Å². The van der Waals surface area contributed by atoms with Gasteiger partial charge in [0, 0.05) is 30.8 Å². The van der Waals surface area contributed by atoms with E-state index in [9.17, 15) is 4.79 Å². The van der Waals surface area contributed by atoms with E-state index in [0.717, 1.165) is 40.9 Å².